The van der Waals surface area contributed by atoms with Crippen LogP contribution in [0.25, 0.3) is 0 Å². The van der Waals surface area contributed by atoms with Crippen LogP contribution in [-0.2, 0) is 4.74 Å². The molecule has 0 atom stereocenters. The van der Waals surface area contributed by atoms with Gasteiger partial charge < -0.3 is 15.8 Å². The van der Waals surface area contributed by atoms with Gasteiger partial charge in [-0.3, -0.25) is 4.79 Å². The minimum absolute atomic E-state index is 0.320. The second kappa shape index (κ2) is 7.89. The molecule has 4 rings (SSSR count). The van der Waals surface area contributed by atoms with Crippen LogP contribution in [0.2, 0.25) is 0 Å². The van der Waals surface area contributed by atoms with E-state index < -0.39 is 5.91 Å². The number of benzene rings is 1. The van der Waals surface area contributed by atoms with Crippen molar-refractivity contribution < 1.29 is 9.53 Å². The van der Waals surface area contributed by atoms with Gasteiger partial charge in [0.25, 0.3) is 5.91 Å². The fraction of sp³-hybridized carbons (Fsp3) is 0.421. The van der Waals surface area contributed by atoms with Crippen LogP contribution < -0.4 is 16.1 Å². The Balaban J connectivity index is 1.72. The molecule has 1 saturated heterocycles. The van der Waals surface area contributed by atoms with E-state index in [0.717, 1.165) is 31.6 Å². The van der Waals surface area contributed by atoms with Crippen molar-refractivity contribution >= 4 is 23.4 Å². The fourth-order valence-electron chi connectivity index (χ4n) is 3.24. The Morgan fingerprint density at radius 3 is 2.59 bits per heavy atom. The normalized spacial score (nSPS) is 17.9. The molecule has 2 heterocycles. The summed E-state index contributed by atoms with van der Waals surface area (Å²) in [5, 5.41) is 7.50. The Hall–Kier alpha value is -2.71. The first kappa shape index (κ1) is 17.7. The molecule has 1 aliphatic carbocycles. The summed E-state index contributed by atoms with van der Waals surface area (Å²) in [5.41, 5.74) is 6.81. The molecule has 1 aliphatic heterocycles. The van der Waals surface area contributed by atoms with Crippen molar-refractivity contribution in [3.05, 3.63) is 42.1 Å². The van der Waals surface area contributed by atoms with Crippen molar-refractivity contribution in [2.45, 2.75) is 25.3 Å². The highest BCUT2D eigenvalue weighted by molar-refractivity contribution is 5.97. The van der Waals surface area contributed by atoms with Crippen molar-refractivity contribution in [3.8, 4) is 0 Å². The molecule has 8 nitrogen and oxygen atoms in total. The van der Waals surface area contributed by atoms with Gasteiger partial charge in [-0.05, 0) is 31.4 Å². The van der Waals surface area contributed by atoms with Gasteiger partial charge >= 0.3 is 0 Å². The van der Waals surface area contributed by atoms with Gasteiger partial charge in [-0.2, -0.15) is 4.98 Å². The quantitative estimate of drug-likeness (QED) is 0.804. The monoisotopic (exact) mass is 368 g/mol. The first-order valence-electron chi connectivity index (χ1n) is 9.33. The van der Waals surface area contributed by atoms with E-state index in [1.807, 2.05) is 35.3 Å². The molecular formula is C19H24N6O2. The topological polar surface area (TPSA) is 96.6 Å². The molecule has 0 radical (unpaired) electrons. The maximum atomic E-state index is 11.8. The van der Waals surface area contributed by atoms with Crippen LogP contribution in [0.15, 0.2) is 36.5 Å². The van der Waals surface area contributed by atoms with Gasteiger partial charge in [-0.15, -0.1) is 0 Å². The van der Waals surface area contributed by atoms with E-state index >= 15 is 0 Å². The van der Waals surface area contributed by atoms with Crippen molar-refractivity contribution in [1.29, 1.82) is 0 Å². The molecule has 1 saturated carbocycles. The number of hydrogen-bond acceptors (Lipinski definition) is 7. The average molecular weight is 368 g/mol. The number of ether oxygens (including phenoxy) is 1. The fourth-order valence-corrected chi connectivity index (χ4v) is 3.24. The number of carbonyl (C=O) groups excluding carboxylic acids is 1. The van der Waals surface area contributed by atoms with Crippen molar-refractivity contribution in [2.24, 2.45) is 5.73 Å². The third kappa shape index (κ3) is 3.86. The van der Waals surface area contributed by atoms with Gasteiger partial charge in [0.15, 0.2) is 0 Å². The zero-order valence-electron chi connectivity index (χ0n) is 15.2. The molecule has 3 N–H and O–H groups in total. The minimum Gasteiger partial charge on any atom is -0.379 e. The summed E-state index contributed by atoms with van der Waals surface area (Å²) >= 11 is 0. The molecular weight excluding hydrogens is 344 g/mol. The Morgan fingerprint density at radius 1 is 1.22 bits per heavy atom. The molecule has 2 aliphatic rings. The van der Waals surface area contributed by atoms with Crippen molar-refractivity contribution in [2.75, 3.05) is 36.6 Å². The number of para-hydroxylation sites is 1. The zero-order valence-corrected chi connectivity index (χ0v) is 15.2. The van der Waals surface area contributed by atoms with Crippen LogP contribution in [0, 0.1) is 0 Å². The first-order valence-corrected chi connectivity index (χ1v) is 9.33. The van der Waals surface area contributed by atoms with Gasteiger partial charge in [0.2, 0.25) is 5.95 Å². The lowest BCUT2D eigenvalue weighted by atomic mass is 9.93. The number of carbonyl (C=O) groups is 1. The Bertz CT molecular complexity index is 790. The van der Waals surface area contributed by atoms with Crippen molar-refractivity contribution in [1.82, 2.24) is 15.0 Å². The zero-order chi connectivity index (χ0) is 18.6. The number of nitrogens with zero attached hydrogens (tertiary/aromatic N) is 4. The van der Waals surface area contributed by atoms with Crippen LogP contribution >= 0.6 is 0 Å². The number of nitrogens with two attached hydrogens (primary N) is 1. The molecule has 1 amide bonds. The van der Waals surface area contributed by atoms with Gasteiger partial charge in [-0.25, -0.2) is 15.0 Å². The SMILES string of the molecule is NC(=O)c1cnc(N(c2ccccc2)N2CCOCC2)nc1NC1CCC1. The average Bonchev–Trinajstić information content (AvgIpc) is 2.67. The summed E-state index contributed by atoms with van der Waals surface area (Å²) in [6.45, 7) is 2.77. The second-order valence-electron chi connectivity index (χ2n) is 6.78. The smallest absolute Gasteiger partial charge is 0.254 e. The maximum Gasteiger partial charge on any atom is 0.254 e. The summed E-state index contributed by atoms with van der Waals surface area (Å²) < 4.78 is 5.49. The highest BCUT2D eigenvalue weighted by Crippen LogP contribution is 2.29. The largest absolute Gasteiger partial charge is 0.379 e. The molecule has 27 heavy (non-hydrogen) atoms. The number of nitrogens with one attached hydrogen (secondary N) is 1. The number of hydrazine groups is 1. The summed E-state index contributed by atoms with van der Waals surface area (Å²) in [6.07, 6.45) is 4.85. The predicted octanol–water partition coefficient (Wildman–Crippen LogP) is 1.93. The highest BCUT2D eigenvalue weighted by atomic mass is 16.5. The number of hydrogen-bond donors (Lipinski definition) is 2. The van der Waals surface area contributed by atoms with Gasteiger partial charge in [0.05, 0.1) is 24.5 Å². The van der Waals surface area contributed by atoms with E-state index in [0.29, 0.717) is 36.6 Å². The molecule has 0 bridgehead atoms. The summed E-state index contributed by atoms with van der Waals surface area (Å²) in [7, 11) is 0. The minimum atomic E-state index is -0.527. The number of aromatic nitrogens is 2. The number of morpholine rings is 1. The van der Waals surface area contributed by atoms with Crippen LogP contribution in [-0.4, -0.2) is 53.2 Å². The van der Waals surface area contributed by atoms with Crippen LogP contribution in [0.1, 0.15) is 29.6 Å². The van der Waals surface area contributed by atoms with E-state index in [9.17, 15) is 4.79 Å². The highest BCUT2D eigenvalue weighted by Gasteiger charge is 2.26. The van der Waals surface area contributed by atoms with E-state index in [1.165, 1.54) is 12.6 Å². The number of rotatable bonds is 6. The first-order chi connectivity index (χ1) is 13.2. The lowest BCUT2D eigenvalue weighted by Gasteiger charge is -2.37. The van der Waals surface area contributed by atoms with Gasteiger partial charge in [0, 0.05) is 25.3 Å². The van der Waals surface area contributed by atoms with E-state index in [1.54, 1.807) is 0 Å². The second-order valence-corrected chi connectivity index (χ2v) is 6.78. The standard InChI is InChI=1S/C19H24N6O2/c20-17(26)16-13-21-19(23-18(16)22-14-5-4-6-14)25(15-7-2-1-3-8-15)24-9-11-27-12-10-24/h1-3,7-8,13-14H,4-6,9-12H2,(H2,20,26)(H,21,22,23). The van der Waals surface area contributed by atoms with Crippen molar-refractivity contribution in [3.63, 3.8) is 0 Å². The van der Waals surface area contributed by atoms with Crippen LogP contribution in [0.3, 0.4) is 0 Å². The van der Waals surface area contributed by atoms with Crippen LogP contribution in [0.4, 0.5) is 17.5 Å². The molecule has 0 spiro atoms. The number of anilines is 3. The Morgan fingerprint density at radius 2 is 1.96 bits per heavy atom. The van der Waals surface area contributed by atoms with E-state index in [4.69, 9.17) is 10.5 Å². The molecule has 2 aromatic rings. The molecule has 2 fully saturated rings. The molecule has 1 aromatic heterocycles. The Kier molecular flexibility index (Phi) is 5.17. The molecule has 1 aromatic carbocycles. The summed E-state index contributed by atoms with van der Waals surface area (Å²) in [5.74, 6) is 0.488. The predicted molar refractivity (Wildman–Crippen MR) is 103 cm³/mol. The molecule has 8 heteroatoms. The molecule has 0 unspecified atom stereocenters. The van der Waals surface area contributed by atoms with Crippen LogP contribution in [0.5, 0.6) is 0 Å². The lowest BCUT2D eigenvalue weighted by Crippen LogP contribution is -2.47. The third-order valence-electron chi connectivity index (χ3n) is 4.95. The lowest BCUT2D eigenvalue weighted by molar-refractivity contribution is 0.0371. The molecule has 142 valence electrons. The number of amides is 1. The van der Waals surface area contributed by atoms with Gasteiger partial charge in [-0.1, -0.05) is 18.2 Å². The van der Waals surface area contributed by atoms with E-state index in [2.05, 4.69) is 20.3 Å². The Labute approximate surface area is 158 Å². The number of primary amides is 1. The van der Waals surface area contributed by atoms with E-state index in [-0.39, 0.29) is 0 Å². The summed E-state index contributed by atoms with van der Waals surface area (Å²) in [6, 6.07) is 10.3. The van der Waals surface area contributed by atoms with Gasteiger partial charge in [0.1, 0.15) is 5.82 Å². The maximum absolute atomic E-state index is 11.8. The third-order valence-corrected chi connectivity index (χ3v) is 4.95. The summed E-state index contributed by atoms with van der Waals surface area (Å²) in [4.78, 5) is 21.0.